The van der Waals surface area contributed by atoms with Crippen LogP contribution in [0.3, 0.4) is 0 Å². The Balaban J connectivity index is 0.000000479. The predicted octanol–water partition coefficient (Wildman–Crippen LogP) is 4.31. The highest BCUT2D eigenvalue weighted by molar-refractivity contribution is 7.92. The number of phenols is 1. The van der Waals surface area contributed by atoms with Gasteiger partial charge in [0.25, 0.3) is 0 Å². The van der Waals surface area contributed by atoms with Gasteiger partial charge >= 0.3 is 18.2 Å². The molecule has 3 aliphatic rings. The fraction of sp³-hybridized carbons (Fsp3) is 0.565. The number of benzene rings is 1. The molecule has 4 N–H and O–H groups in total. The van der Waals surface area contributed by atoms with Gasteiger partial charge in [0, 0.05) is 6.04 Å². The summed E-state index contributed by atoms with van der Waals surface area (Å²) in [6, 6.07) is 2.55. The number of aliphatic carboxylic acids is 1. The van der Waals surface area contributed by atoms with E-state index in [0.29, 0.717) is 12.8 Å². The van der Waals surface area contributed by atoms with Crippen LogP contribution in [0, 0.1) is 0 Å². The molecule has 206 valence electrons. The number of carbonyl (C=O) groups is 2. The summed E-state index contributed by atoms with van der Waals surface area (Å²) < 4.78 is 58.1. The molecule has 4 rings (SSSR count). The topological polar surface area (TPSA) is 136 Å². The Labute approximate surface area is 217 Å². The molecular formula is C23H29ClF3N3O6S. The van der Waals surface area contributed by atoms with Crippen LogP contribution in [0.5, 0.6) is 5.75 Å². The number of hydrogen-bond donors (Lipinski definition) is 4. The van der Waals surface area contributed by atoms with Crippen LogP contribution in [-0.2, 0) is 14.6 Å². The van der Waals surface area contributed by atoms with Crippen molar-refractivity contribution in [1.29, 1.82) is 0 Å². The molecule has 37 heavy (non-hydrogen) atoms. The largest absolute Gasteiger partial charge is 0.504 e. The van der Waals surface area contributed by atoms with Gasteiger partial charge < -0.3 is 25.7 Å². The zero-order valence-corrected chi connectivity index (χ0v) is 21.6. The molecule has 9 nitrogen and oxygen atoms in total. The van der Waals surface area contributed by atoms with Crippen LogP contribution in [0.1, 0.15) is 45.4 Å². The van der Waals surface area contributed by atoms with E-state index >= 15 is 0 Å². The number of nitrogens with one attached hydrogen (secondary N) is 2. The molecule has 1 atom stereocenters. The number of allylic oxidation sites excluding steroid dienone is 1. The van der Waals surface area contributed by atoms with Crippen LogP contribution in [-0.4, -0.2) is 72.1 Å². The van der Waals surface area contributed by atoms with Crippen LogP contribution in [0.2, 0.25) is 5.02 Å². The first-order valence-corrected chi connectivity index (χ1v) is 13.7. The van der Waals surface area contributed by atoms with Crippen LogP contribution >= 0.6 is 11.6 Å². The molecule has 0 radical (unpaired) electrons. The lowest BCUT2D eigenvalue weighted by Crippen LogP contribution is -2.48. The van der Waals surface area contributed by atoms with Crippen LogP contribution in [0.15, 0.2) is 28.7 Å². The van der Waals surface area contributed by atoms with Gasteiger partial charge in [0.15, 0.2) is 15.6 Å². The normalized spacial score (nSPS) is 23.9. The Morgan fingerprint density at radius 2 is 1.76 bits per heavy atom. The number of amides is 2. The van der Waals surface area contributed by atoms with E-state index < -0.39 is 39.0 Å². The zero-order chi connectivity index (χ0) is 27.5. The summed E-state index contributed by atoms with van der Waals surface area (Å²) in [5.41, 5.74) is 1.12. The third-order valence-electron chi connectivity index (χ3n) is 6.80. The summed E-state index contributed by atoms with van der Waals surface area (Å²) in [7, 11) is -3.80. The van der Waals surface area contributed by atoms with Crippen molar-refractivity contribution in [3.8, 4) is 5.75 Å². The molecular weight excluding hydrogens is 539 g/mol. The molecule has 0 aromatic heterocycles. The number of alkyl halides is 3. The number of urea groups is 1. The van der Waals surface area contributed by atoms with Gasteiger partial charge in [-0.25, -0.2) is 18.0 Å². The number of rotatable bonds is 5. The number of likely N-dealkylation sites (tertiary alicyclic amines) is 1. The second-order valence-electron chi connectivity index (χ2n) is 9.29. The molecule has 1 heterocycles. The van der Waals surface area contributed by atoms with Crippen molar-refractivity contribution in [2.45, 2.75) is 73.9 Å². The molecule has 2 amide bonds. The Hall–Kier alpha value is -2.51. The lowest BCUT2D eigenvalue weighted by molar-refractivity contribution is -0.192. The number of aromatic hydroxyl groups is 1. The van der Waals surface area contributed by atoms with E-state index in [-0.39, 0.29) is 27.7 Å². The Morgan fingerprint density at radius 1 is 1.16 bits per heavy atom. The van der Waals surface area contributed by atoms with Crippen molar-refractivity contribution in [3.63, 3.8) is 0 Å². The first-order valence-electron chi connectivity index (χ1n) is 11.8. The summed E-state index contributed by atoms with van der Waals surface area (Å²) >= 11 is 6.18. The zero-order valence-electron chi connectivity index (χ0n) is 20.0. The highest BCUT2D eigenvalue weighted by Crippen LogP contribution is 2.43. The predicted molar refractivity (Wildman–Crippen MR) is 131 cm³/mol. The molecule has 1 aromatic carbocycles. The summed E-state index contributed by atoms with van der Waals surface area (Å²) in [6.45, 7) is 4.00. The SMILES string of the molecule is CC1=CCCC1NC(=O)Nc1ccc(Cl)c(S(=O)(=O)C2CC(N3CCCC3)C2)c1O.O=C(O)C(F)(F)F. The van der Waals surface area contributed by atoms with E-state index in [1.165, 1.54) is 12.1 Å². The minimum Gasteiger partial charge on any atom is -0.504 e. The molecule has 1 aliphatic heterocycles. The van der Waals surface area contributed by atoms with Crippen molar-refractivity contribution in [3.05, 3.63) is 28.8 Å². The van der Waals surface area contributed by atoms with Gasteiger partial charge in [-0.05, 0) is 70.7 Å². The van der Waals surface area contributed by atoms with Gasteiger partial charge in [0.1, 0.15) is 4.90 Å². The van der Waals surface area contributed by atoms with E-state index in [1.807, 2.05) is 6.92 Å². The molecule has 0 bridgehead atoms. The van der Waals surface area contributed by atoms with E-state index in [9.17, 15) is 31.5 Å². The van der Waals surface area contributed by atoms with Gasteiger partial charge in [-0.2, -0.15) is 13.2 Å². The quantitative estimate of drug-likeness (QED) is 0.307. The van der Waals surface area contributed by atoms with Gasteiger partial charge in [0.05, 0.1) is 22.0 Å². The van der Waals surface area contributed by atoms with Gasteiger partial charge in [-0.3, -0.25) is 0 Å². The molecule has 0 spiro atoms. The summed E-state index contributed by atoms with van der Waals surface area (Å²) in [5, 5.41) is 22.6. The number of hydrogen-bond acceptors (Lipinski definition) is 6. The van der Waals surface area contributed by atoms with Crippen LogP contribution in [0.4, 0.5) is 23.7 Å². The first-order chi connectivity index (χ1) is 17.2. The maximum absolute atomic E-state index is 13.2. The van der Waals surface area contributed by atoms with Crippen molar-refractivity contribution < 1.29 is 41.4 Å². The lowest BCUT2D eigenvalue weighted by Gasteiger charge is -2.40. The smallest absolute Gasteiger partial charge is 0.490 e. The van der Waals surface area contributed by atoms with Crippen molar-refractivity contribution >= 4 is 39.1 Å². The van der Waals surface area contributed by atoms with Crippen molar-refractivity contribution in [1.82, 2.24) is 10.2 Å². The number of carboxylic acids is 1. The Morgan fingerprint density at radius 3 is 2.27 bits per heavy atom. The molecule has 1 aromatic rings. The standard InChI is InChI=1S/C21H28ClN3O4S.C2HF3O2/c1-13-5-4-6-17(13)23-21(27)24-18-8-7-16(22)20(19(18)26)30(28,29)15-11-14(12-15)25-9-2-3-10-25;3-2(4,5)1(6)7/h5,7-8,14-15,17,26H,2-4,6,9-12H2,1H3,(H2,23,24,27);(H,6,7). The van der Waals surface area contributed by atoms with Crippen LogP contribution in [0.25, 0.3) is 0 Å². The average Bonchev–Trinajstić information content (AvgIpc) is 3.41. The average molecular weight is 568 g/mol. The highest BCUT2D eigenvalue weighted by Gasteiger charge is 2.44. The Kier molecular flexibility index (Phi) is 9.01. The summed E-state index contributed by atoms with van der Waals surface area (Å²) in [6.07, 6.45) is 2.13. The maximum atomic E-state index is 13.2. The first kappa shape index (κ1) is 29.1. The fourth-order valence-electron chi connectivity index (χ4n) is 4.63. The van der Waals surface area contributed by atoms with E-state index in [4.69, 9.17) is 21.5 Å². The molecule has 1 saturated heterocycles. The second-order valence-corrected chi connectivity index (χ2v) is 11.9. The number of carboxylic acid groups (broad SMARTS) is 1. The van der Waals surface area contributed by atoms with E-state index in [0.717, 1.165) is 44.3 Å². The molecule has 2 fully saturated rings. The number of carbonyl (C=O) groups excluding carboxylic acids is 1. The van der Waals surface area contributed by atoms with Crippen molar-refractivity contribution in [2.24, 2.45) is 0 Å². The highest BCUT2D eigenvalue weighted by atomic mass is 35.5. The number of anilines is 1. The number of nitrogens with zero attached hydrogens (tertiary/aromatic N) is 1. The number of halogens is 4. The van der Waals surface area contributed by atoms with Gasteiger partial charge in [-0.15, -0.1) is 0 Å². The third kappa shape index (κ3) is 6.88. The minimum absolute atomic E-state index is 0.0300. The summed E-state index contributed by atoms with van der Waals surface area (Å²) in [5.74, 6) is -3.26. The van der Waals surface area contributed by atoms with Gasteiger partial charge in [-0.1, -0.05) is 23.3 Å². The van der Waals surface area contributed by atoms with Gasteiger partial charge in [0.2, 0.25) is 0 Å². The summed E-state index contributed by atoms with van der Waals surface area (Å²) in [4.78, 5) is 23.3. The molecule has 1 saturated carbocycles. The second kappa shape index (κ2) is 11.5. The van der Waals surface area contributed by atoms with Crippen LogP contribution < -0.4 is 10.6 Å². The van der Waals surface area contributed by atoms with E-state index in [2.05, 4.69) is 21.6 Å². The van der Waals surface area contributed by atoms with Crippen molar-refractivity contribution in [2.75, 3.05) is 18.4 Å². The number of phenolic OH excluding ortho intramolecular Hbond substituents is 1. The minimum atomic E-state index is -5.08. The van der Waals surface area contributed by atoms with E-state index in [1.54, 1.807) is 0 Å². The number of sulfone groups is 1. The maximum Gasteiger partial charge on any atom is 0.490 e. The Bertz CT molecular complexity index is 1160. The molecule has 1 unspecified atom stereocenters. The monoisotopic (exact) mass is 567 g/mol. The molecule has 2 aliphatic carbocycles. The third-order valence-corrected chi connectivity index (χ3v) is 9.47. The fourth-order valence-corrected chi connectivity index (χ4v) is 7.11. The lowest BCUT2D eigenvalue weighted by atomic mass is 9.91. The molecule has 14 heteroatoms.